The molecule has 1 heterocycles. The summed E-state index contributed by atoms with van der Waals surface area (Å²) in [6.45, 7) is 4.57. The molecule has 0 radical (unpaired) electrons. The molecule has 0 atom stereocenters. The summed E-state index contributed by atoms with van der Waals surface area (Å²) in [6, 6.07) is 9.80. The molecule has 1 fully saturated rings. The molecule has 3 rings (SSSR count). The van der Waals surface area contributed by atoms with Gasteiger partial charge in [0, 0.05) is 31.7 Å². The van der Waals surface area contributed by atoms with E-state index >= 15 is 0 Å². The second kappa shape index (κ2) is 7.28. The standard InChI is InChI=1S/C21H25N3O2/c1-15-12-16(2)14-18(13-15)23-19(25)21(7-8-21)20(26)24(3)11-6-17-4-9-22-10-5-17/h4-5,9-10,12-14H,6-8,11H2,1-3H3,(H,23,25). The van der Waals surface area contributed by atoms with Gasteiger partial charge in [0.1, 0.15) is 5.41 Å². The van der Waals surface area contributed by atoms with Crippen LogP contribution in [0.3, 0.4) is 0 Å². The van der Waals surface area contributed by atoms with Crippen molar-refractivity contribution in [2.75, 3.05) is 18.9 Å². The van der Waals surface area contributed by atoms with Crippen LogP contribution in [0.25, 0.3) is 0 Å². The molecule has 1 saturated carbocycles. The minimum Gasteiger partial charge on any atom is -0.344 e. The molecule has 0 aliphatic heterocycles. The number of likely N-dealkylation sites (N-methyl/N-ethyl adjacent to an activating group) is 1. The Kier molecular flexibility index (Phi) is 5.07. The number of rotatable bonds is 6. The number of anilines is 1. The molecule has 0 spiro atoms. The van der Waals surface area contributed by atoms with Gasteiger partial charge < -0.3 is 10.2 Å². The number of aromatic nitrogens is 1. The first kappa shape index (κ1) is 18.1. The summed E-state index contributed by atoms with van der Waals surface area (Å²) in [7, 11) is 1.77. The zero-order valence-electron chi connectivity index (χ0n) is 15.6. The van der Waals surface area contributed by atoms with Gasteiger partial charge in [0.15, 0.2) is 0 Å². The fraction of sp³-hybridized carbons (Fsp3) is 0.381. The van der Waals surface area contributed by atoms with E-state index in [2.05, 4.69) is 16.4 Å². The quantitative estimate of drug-likeness (QED) is 0.814. The molecule has 26 heavy (non-hydrogen) atoms. The highest BCUT2D eigenvalue weighted by Crippen LogP contribution is 2.48. The van der Waals surface area contributed by atoms with Crippen LogP contribution < -0.4 is 5.32 Å². The Balaban J connectivity index is 1.63. The molecule has 0 unspecified atom stereocenters. The van der Waals surface area contributed by atoms with E-state index in [-0.39, 0.29) is 11.8 Å². The van der Waals surface area contributed by atoms with Crippen LogP contribution in [0.1, 0.15) is 29.5 Å². The number of nitrogens with one attached hydrogen (secondary N) is 1. The van der Waals surface area contributed by atoms with Crippen molar-refractivity contribution >= 4 is 17.5 Å². The molecule has 1 aliphatic rings. The van der Waals surface area contributed by atoms with E-state index in [9.17, 15) is 9.59 Å². The van der Waals surface area contributed by atoms with Crippen LogP contribution in [0.4, 0.5) is 5.69 Å². The Morgan fingerprint density at radius 2 is 1.73 bits per heavy atom. The van der Waals surface area contributed by atoms with Crippen LogP contribution in [-0.4, -0.2) is 35.3 Å². The van der Waals surface area contributed by atoms with E-state index in [4.69, 9.17) is 0 Å². The number of pyridine rings is 1. The highest BCUT2D eigenvalue weighted by Gasteiger charge is 2.57. The van der Waals surface area contributed by atoms with E-state index in [1.54, 1.807) is 24.3 Å². The molecule has 1 aromatic carbocycles. The van der Waals surface area contributed by atoms with Crippen molar-refractivity contribution in [3.8, 4) is 0 Å². The van der Waals surface area contributed by atoms with Crippen LogP contribution in [0.15, 0.2) is 42.7 Å². The van der Waals surface area contributed by atoms with Crippen LogP contribution in [0.5, 0.6) is 0 Å². The van der Waals surface area contributed by atoms with Crippen molar-refractivity contribution in [2.45, 2.75) is 33.1 Å². The minimum absolute atomic E-state index is 0.0894. The first-order valence-corrected chi connectivity index (χ1v) is 8.95. The highest BCUT2D eigenvalue weighted by atomic mass is 16.2. The molecule has 5 nitrogen and oxygen atoms in total. The van der Waals surface area contributed by atoms with Gasteiger partial charge in [-0.3, -0.25) is 14.6 Å². The van der Waals surface area contributed by atoms with E-state index in [1.807, 2.05) is 38.1 Å². The minimum atomic E-state index is -0.898. The van der Waals surface area contributed by atoms with Crippen molar-refractivity contribution in [3.05, 3.63) is 59.4 Å². The van der Waals surface area contributed by atoms with Gasteiger partial charge in [0.25, 0.3) is 0 Å². The first-order chi connectivity index (χ1) is 12.4. The lowest BCUT2D eigenvalue weighted by Crippen LogP contribution is -2.41. The number of carbonyl (C=O) groups is 2. The second-order valence-corrected chi connectivity index (χ2v) is 7.24. The molecule has 0 saturated heterocycles. The second-order valence-electron chi connectivity index (χ2n) is 7.24. The maximum atomic E-state index is 12.9. The summed E-state index contributed by atoms with van der Waals surface area (Å²) in [5.41, 5.74) is 3.16. The van der Waals surface area contributed by atoms with Crippen molar-refractivity contribution in [2.24, 2.45) is 5.41 Å². The molecule has 5 heteroatoms. The molecule has 1 N–H and O–H groups in total. The third-order valence-corrected chi connectivity index (χ3v) is 4.91. The highest BCUT2D eigenvalue weighted by molar-refractivity contribution is 6.13. The zero-order chi connectivity index (χ0) is 18.7. The molecule has 0 bridgehead atoms. The van der Waals surface area contributed by atoms with Gasteiger partial charge in [-0.15, -0.1) is 0 Å². The lowest BCUT2D eigenvalue weighted by Gasteiger charge is -2.23. The van der Waals surface area contributed by atoms with Crippen molar-refractivity contribution < 1.29 is 9.59 Å². The fourth-order valence-corrected chi connectivity index (χ4v) is 3.27. The molecule has 136 valence electrons. The molecule has 1 aromatic heterocycles. The van der Waals surface area contributed by atoms with Gasteiger partial charge in [0.2, 0.25) is 11.8 Å². The topological polar surface area (TPSA) is 62.3 Å². The Hall–Kier alpha value is -2.69. The van der Waals surface area contributed by atoms with Crippen LogP contribution in [-0.2, 0) is 16.0 Å². The molecule has 2 amide bonds. The van der Waals surface area contributed by atoms with Gasteiger partial charge in [0.05, 0.1) is 0 Å². The van der Waals surface area contributed by atoms with Gasteiger partial charge in [-0.2, -0.15) is 0 Å². The molecule has 1 aliphatic carbocycles. The normalized spacial score (nSPS) is 14.6. The monoisotopic (exact) mass is 351 g/mol. The summed E-state index contributed by atoms with van der Waals surface area (Å²) in [5, 5.41) is 2.94. The largest absolute Gasteiger partial charge is 0.344 e. The average molecular weight is 351 g/mol. The van der Waals surface area contributed by atoms with Crippen molar-refractivity contribution in [1.29, 1.82) is 0 Å². The smallest absolute Gasteiger partial charge is 0.240 e. The van der Waals surface area contributed by atoms with Crippen molar-refractivity contribution in [1.82, 2.24) is 9.88 Å². The average Bonchev–Trinajstić information content (AvgIpc) is 3.41. The third kappa shape index (κ3) is 3.93. The molecular weight excluding hydrogens is 326 g/mol. The maximum Gasteiger partial charge on any atom is 0.240 e. The van der Waals surface area contributed by atoms with E-state index in [0.717, 1.165) is 28.8 Å². The maximum absolute atomic E-state index is 12.9. The number of amides is 2. The van der Waals surface area contributed by atoms with Gasteiger partial charge in [-0.05, 0) is 74.1 Å². The van der Waals surface area contributed by atoms with E-state index in [1.165, 1.54) is 0 Å². The number of hydrogen-bond acceptors (Lipinski definition) is 3. The number of benzene rings is 1. The predicted octanol–water partition coefficient (Wildman–Crippen LogP) is 3.12. The summed E-state index contributed by atoms with van der Waals surface area (Å²) in [6.07, 6.45) is 5.47. The lowest BCUT2D eigenvalue weighted by molar-refractivity contribution is -0.141. The van der Waals surface area contributed by atoms with Crippen molar-refractivity contribution in [3.63, 3.8) is 0 Å². The lowest BCUT2D eigenvalue weighted by atomic mass is 10.0. The van der Waals surface area contributed by atoms with Crippen LogP contribution in [0, 0.1) is 19.3 Å². The summed E-state index contributed by atoms with van der Waals surface area (Å²) in [5.74, 6) is -0.281. The van der Waals surface area contributed by atoms with Crippen LogP contribution >= 0.6 is 0 Å². The third-order valence-electron chi connectivity index (χ3n) is 4.91. The Labute approximate surface area is 154 Å². The summed E-state index contributed by atoms with van der Waals surface area (Å²) < 4.78 is 0. The molecule has 2 aromatic rings. The van der Waals surface area contributed by atoms with Gasteiger partial charge in [-0.25, -0.2) is 0 Å². The Bertz CT molecular complexity index is 793. The first-order valence-electron chi connectivity index (χ1n) is 8.95. The van der Waals surface area contributed by atoms with E-state index < -0.39 is 5.41 Å². The Morgan fingerprint density at radius 1 is 1.12 bits per heavy atom. The predicted molar refractivity (Wildman–Crippen MR) is 102 cm³/mol. The molecular formula is C21H25N3O2. The number of hydrogen-bond donors (Lipinski definition) is 1. The number of aryl methyl sites for hydroxylation is 2. The Morgan fingerprint density at radius 3 is 2.31 bits per heavy atom. The SMILES string of the molecule is Cc1cc(C)cc(NC(=O)C2(C(=O)N(C)CCc3ccncc3)CC2)c1. The van der Waals surface area contributed by atoms with Gasteiger partial charge >= 0.3 is 0 Å². The zero-order valence-corrected chi connectivity index (χ0v) is 15.6. The number of nitrogens with zero attached hydrogens (tertiary/aromatic N) is 2. The van der Waals surface area contributed by atoms with Crippen LogP contribution in [0.2, 0.25) is 0 Å². The number of carbonyl (C=O) groups excluding carboxylic acids is 2. The fourth-order valence-electron chi connectivity index (χ4n) is 3.27. The van der Waals surface area contributed by atoms with Gasteiger partial charge in [-0.1, -0.05) is 6.07 Å². The summed E-state index contributed by atoms with van der Waals surface area (Å²) in [4.78, 5) is 31.3. The summed E-state index contributed by atoms with van der Waals surface area (Å²) >= 11 is 0. The van der Waals surface area contributed by atoms with E-state index in [0.29, 0.717) is 19.4 Å².